The first-order chi connectivity index (χ1) is 12.6. The van der Waals surface area contributed by atoms with Gasteiger partial charge in [0.25, 0.3) is 0 Å². The van der Waals surface area contributed by atoms with Crippen LogP contribution >= 0.6 is 0 Å². The third-order valence-corrected chi connectivity index (χ3v) is 6.87. The molecule has 4 rings (SSSR count). The zero-order valence-corrected chi connectivity index (χ0v) is 15.2. The van der Waals surface area contributed by atoms with Gasteiger partial charge >= 0.3 is 0 Å². The quantitative estimate of drug-likeness (QED) is 0.799. The largest absolute Gasteiger partial charge is 0.339 e. The fourth-order valence-electron chi connectivity index (χ4n) is 3.37. The molecular weight excluding hydrogens is 352 g/mol. The third kappa shape index (κ3) is 3.50. The van der Waals surface area contributed by atoms with E-state index in [4.69, 9.17) is 9.78 Å². The number of nitrogens with zero attached hydrogens (tertiary/aromatic N) is 4. The third-order valence-electron chi connectivity index (χ3n) is 4.99. The second-order valence-corrected chi connectivity index (χ2v) is 8.97. The lowest BCUT2D eigenvalue weighted by atomic mass is 9.96. The minimum atomic E-state index is -3.55. The van der Waals surface area contributed by atoms with Gasteiger partial charge < -0.3 is 4.52 Å². The van der Waals surface area contributed by atoms with Gasteiger partial charge in [-0.2, -0.15) is 14.6 Å². The summed E-state index contributed by atoms with van der Waals surface area (Å²) in [5, 5.41) is 12.9. The summed E-state index contributed by atoms with van der Waals surface area (Å²) in [6.07, 6.45) is 4.61. The molecule has 1 unspecified atom stereocenters. The van der Waals surface area contributed by atoms with Gasteiger partial charge in [0.15, 0.2) is 5.82 Å². The van der Waals surface area contributed by atoms with Crippen LogP contribution in [0.15, 0.2) is 33.7 Å². The number of rotatable bonds is 5. The van der Waals surface area contributed by atoms with Crippen LogP contribution in [0, 0.1) is 17.2 Å². The van der Waals surface area contributed by atoms with Crippen LogP contribution in [0.4, 0.5) is 0 Å². The molecule has 0 N–H and O–H groups in total. The van der Waals surface area contributed by atoms with E-state index in [9.17, 15) is 8.42 Å². The number of nitriles is 1. The molecule has 7 nitrogen and oxygen atoms in total. The Morgan fingerprint density at radius 3 is 2.69 bits per heavy atom. The highest BCUT2D eigenvalue weighted by molar-refractivity contribution is 7.89. The fourth-order valence-corrected chi connectivity index (χ4v) is 4.92. The highest BCUT2D eigenvalue weighted by atomic mass is 32.2. The first kappa shape index (κ1) is 17.2. The highest BCUT2D eigenvalue weighted by Crippen LogP contribution is 2.38. The number of benzene rings is 1. The van der Waals surface area contributed by atoms with Crippen LogP contribution in [0.25, 0.3) is 0 Å². The van der Waals surface area contributed by atoms with Crippen molar-refractivity contribution < 1.29 is 12.9 Å². The molecule has 8 heteroatoms. The van der Waals surface area contributed by atoms with Gasteiger partial charge in [-0.3, -0.25) is 0 Å². The summed E-state index contributed by atoms with van der Waals surface area (Å²) in [4.78, 5) is 4.68. The van der Waals surface area contributed by atoms with Gasteiger partial charge in [-0.15, -0.1) is 0 Å². The van der Waals surface area contributed by atoms with E-state index in [0.717, 1.165) is 31.5 Å². The second kappa shape index (κ2) is 6.82. The molecule has 2 aromatic rings. The lowest BCUT2D eigenvalue weighted by molar-refractivity contribution is 0.247. The molecule has 26 heavy (non-hydrogen) atoms. The van der Waals surface area contributed by atoms with E-state index in [1.165, 1.54) is 28.6 Å². The summed E-state index contributed by atoms with van der Waals surface area (Å²) in [5.41, 5.74) is 0.448. The predicted octanol–water partition coefficient (Wildman–Crippen LogP) is 2.46. The van der Waals surface area contributed by atoms with Crippen molar-refractivity contribution in [1.82, 2.24) is 14.4 Å². The molecule has 1 saturated heterocycles. The van der Waals surface area contributed by atoms with Gasteiger partial charge in [0, 0.05) is 25.4 Å². The summed E-state index contributed by atoms with van der Waals surface area (Å²) >= 11 is 0. The van der Waals surface area contributed by atoms with Crippen LogP contribution in [-0.4, -0.2) is 36.0 Å². The van der Waals surface area contributed by atoms with E-state index in [0.29, 0.717) is 36.9 Å². The summed E-state index contributed by atoms with van der Waals surface area (Å²) in [5.74, 6) is 2.02. The van der Waals surface area contributed by atoms with Gasteiger partial charge in [0.1, 0.15) is 0 Å². The standard InChI is InChI=1S/C18H20N4O3S/c19-11-13-3-7-16(8-4-13)26(23,24)22-9-1-2-14(12-22)10-17-20-18(21-25-17)15-5-6-15/h3-4,7-8,14-15H,1-2,5-6,9-10,12H2. The topological polar surface area (TPSA) is 100 Å². The van der Waals surface area contributed by atoms with Crippen molar-refractivity contribution in [3.63, 3.8) is 0 Å². The highest BCUT2D eigenvalue weighted by Gasteiger charge is 2.32. The van der Waals surface area contributed by atoms with Crippen molar-refractivity contribution in [2.45, 2.75) is 42.9 Å². The zero-order chi connectivity index (χ0) is 18.1. The lowest BCUT2D eigenvalue weighted by Crippen LogP contribution is -2.40. The molecule has 1 aromatic carbocycles. The molecule has 2 heterocycles. The van der Waals surface area contributed by atoms with Crippen LogP contribution in [-0.2, 0) is 16.4 Å². The maximum absolute atomic E-state index is 12.9. The molecule has 136 valence electrons. The minimum Gasteiger partial charge on any atom is -0.339 e. The molecule has 0 spiro atoms. The van der Waals surface area contributed by atoms with E-state index in [-0.39, 0.29) is 10.8 Å². The van der Waals surface area contributed by atoms with E-state index in [2.05, 4.69) is 10.1 Å². The van der Waals surface area contributed by atoms with Gasteiger partial charge in [0.05, 0.1) is 16.5 Å². The van der Waals surface area contributed by atoms with Crippen molar-refractivity contribution in [1.29, 1.82) is 5.26 Å². The molecule has 2 fully saturated rings. The van der Waals surface area contributed by atoms with Gasteiger partial charge in [-0.1, -0.05) is 5.16 Å². The van der Waals surface area contributed by atoms with E-state index < -0.39 is 10.0 Å². The van der Waals surface area contributed by atoms with Gasteiger partial charge in [-0.05, 0) is 55.9 Å². The van der Waals surface area contributed by atoms with Gasteiger partial charge in [0.2, 0.25) is 15.9 Å². The van der Waals surface area contributed by atoms with Crippen molar-refractivity contribution in [3.05, 3.63) is 41.5 Å². The molecule has 1 aromatic heterocycles. The molecular formula is C18H20N4O3S. The maximum atomic E-state index is 12.9. The van der Waals surface area contributed by atoms with Crippen molar-refractivity contribution in [2.24, 2.45) is 5.92 Å². The molecule has 1 aliphatic carbocycles. The summed E-state index contributed by atoms with van der Waals surface area (Å²) in [6.45, 7) is 0.958. The number of aromatic nitrogens is 2. The lowest BCUT2D eigenvalue weighted by Gasteiger charge is -2.31. The van der Waals surface area contributed by atoms with E-state index in [1.54, 1.807) is 0 Å². The van der Waals surface area contributed by atoms with Crippen molar-refractivity contribution in [2.75, 3.05) is 13.1 Å². The molecule has 2 aliphatic rings. The number of hydrogen-bond donors (Lipinski definition) is 0. The molecule has 1 saturated carbocycles. The summed E-state index contributed by atoms with van der Waals surface area (Å²) < 4.78 is 32.6. The van der Waals surface area contributed by atoms with Crippen LogP contribution in [0.1, 0.15) is 48.9 Å². The van der Waals surface area contributed by atoms with Crippen LogP contribution < -0.4 is 0 Å². The summed E-state index contributed by atoms with van der Waals surface area (Å²) in [7, 11) is -3.55. The monoisotopic (exact) mass is 372 g/mol. The van der Waals surface area contributed by atoms with Gasteiger partial charge in [-0.25, -0.2) is 8.42 Å². The van der Waals surface area contributed by atoms with Crippen molar-refractivity contribution >= 4 is 10.0 Å². The Balaban J connectivity index is 1.45. The van der Waals surface area contributed by atoms with E-state index in [1.807, 2.05) is 6.07 Å². The normalized spacial score (nSPS) is 21.4. The zero-order valence-electron chi connectivity index (χ0n) is 14.3. The molecule has 0 bridgehead atoms. The smallest absolute Gasteiger partial charge is 0.243 e. The SMILES string of the molecule is N#Cc1ccc(S(=O)(=O)N2CCCC(Cc3nc(C4CC4)no3)C2)cc1. The molecule has 0 amide bonds. The number of sulfonamides is 1. The Morgan fingerprint density at radius 1 is 1.23 bits per heavy atom. The number of hydrogen-bond acceptors (Lipinski definition) is 6. The van der Waals surface area contributed by atoms with Crippen LogP contribution in [0.3, 0.4) is 0 Å². The van der Waals surface area contributed by atoms with E-state index >= 15 is 0 Å². The van der Waals surface area contributed by atoms with Crippen LogP contribution in [0.5, 0.6) is 0 Å². The fraction of sp³-hybridized carbons (Fsp3) is 0.500. The Hall–Kier alpha value is -2.24. The number of piperidine rings is 1. The Kier molecular flexibility index (Phi) is 4.51. The molecule has 1 aliphatic heterocycles. The minimum absolute atomic E-state index is 0.171. The average Bonchev–Trinajstić information content (AvgIpc) is 3.42. The van der Waals surface area contributed by atoms with Crippen molar-refractivity contribution in [3.8, 4) is 6.07 Å². The van der Waals surface area contributed by atoms with Crippen LogP contribution in [0.2, 0.25) is 0 Å². The Morgan fingerprint density at radius 2 is 2.00 bits per heavy atom. The first-order valence-electron chi connectivity index (χ1n) is 8.89. The average molecular weight is 372 g/mol. The Bertz CT molecular complexity index is 926. The molecule has 0 radical (unpaired) electrons. The second-order valence-electron chi connectivity index (χ2n) is 7.03. The predicted molar refractivity (Wildman–Crippen MR) is 92.6 cm³/mol. The maximum Gasteiger partial charge on any atom is 0.243 e. The Labute approximate surface area is 152 Å². The summed E-state index contributed by atoms with van der Waals surface area (Å²) in [6, 6.07) is 8.06. The first-order valence-corrected chi connectivity index (χ1v) is 10.3. The molecule has 1 atom stereocenters.